The maximum absolute atomic E-state index is 5.40. The summed E-state index contributed by atoms with van der Waals surface area (Å²) in [7, 11) is 1.68. The van der Waals surface area contributed by atoms with Gasteiger partial charge in [0.15, 0.2) is 5.16 Å². The number of hydrogen-bond donors (Lipinski definition) is 1. The van der Waals surface area contributed by atoms with Crippen LogP contribution in [-0.4, -0.2) is 22.1 Å². The molecule has 0 saturated heterocycles. The molecule has 2 aromatic carbocycles. The minimum atomic E-state index is 0.815. The molecular formula is C20H17N3OS. The quantitative estimate of drug-likeness (QED) is 0.558. The van der Waals surface area contributed by atoms with Crippen molar-refractivity contribution in [3.8, 4) is 17.0 Å². The lowest BCUT2D eigenvalue weighted by molar-refractivity contribution is 0.414. The number of ether oxygens (including phenoxy) is 1. The fraction of sp³-hybridized carbons (Fsp3) is 0.100. The smallest absolute Gasteiger partial charge is 0.171 e. The Morgan fingerprint density at radius 1 is 1.04 bits per heavy atom. The van der Waals surface area contributed by atoms with Crippen molar-refractivity contribution in [2.24, 2.45) is 0 Å². The largest absolute Gasteiger partial charge is 0.497 e. The number of aromatic nitrogens is 3. The number of fused-ring (bicyclic) bond motifs is 1. The summed E-state index contributed by atoms with van der Waals surface area (Å²) in [6.07, 6.45) is 1.84. The number of nitrogens with zero attached hydrogens (tertiary/aromatic N) is 2. The Bertz CT molecular complexity index is 1010. The molecule has 4 nitrogen and oxygen atoms in total. The molecule has 124 valence electrons. The average molecular weight is 347 g/mol. The summed E-state index contributed by atoms with van der Waals surface area (Å²) in [4.78, 5) is 13.6. The molecule has 25 heavy (non-hydrogen) atoms. The summed E-state index contributed by atoms with van der Waals surface area (Å²) >= 11 is 1.58. The van der Waals surface area contributed by atoms with E-state index >= 15 is 0 Å². The molecule has 4 aromatic rings. The van der Waals surface area contributed by atoms with Gasteiger partial charge in [-0.3, -0.25) is 4.98 Å². The Labute approximate surface area is 150 Å². The molecule has 0 fully saturated rings. The first-order valence-electron chi connectivity index (χ1n) is 7.96. The molecular weight excluding hydrogens is 330 g/mol. The van der Waals surface area contributed by atoms with E-state index in [1.807, 2.05) is 54.7 Å². The van der Waals surface area contributed by atoms with Crippen LogP contribution in [0.1, 0.15) is 5.56 Å². The Kier molecular flexibility index (Phi) is 4.15. The predicted octanol–water partition coefficient (Wildman–Crippen LogP) is 5.09. The highest BCUT2D eigenvalue weighted by molar-refractivity contribution is 7.99. The van der Waals surface area contributed by atoms with Gasteiger partial charge < -0.3 is 9.72 Å². The van der Waals surface area contributed by atoms with E-state index in [1.165, 1.54) is 5.56 Å². The number of para-hydroxylation sites is 2. The van der Waals surface area contributed by atoms with Crippen LogP contribution >= 0.6 is 11.8 Å². The molecule has 2 heterocycles. The number of pyridine rings is 1. The molecule has 2 aromatic heterocycles. The third-order valence-corrected chi connectivity index (χ3v) is 4.90. The van der Waals surface area contributed by atoms with Gasteiger partial charge in [0.25, 0.3) is 0 Å². The van der Waals surface area contributed by atoms with E-state index in [1.54, 1.807) is 18.9 Å². The number of rotatable bonds is 4. The number of hydrogen-bond acceptors (Lipinski definition) is 4. The van der Waals surface area contributed by atoms with Gasteiger partial charge in [0, 0.05) is 16.7 Å². The number of methoxy groups -OCH3 is 1. The van der Waals surface area contributed by atoms with Crippen LogP contribution in [0.5, 0.6) is 5.75 Å². The highest BCUT2D eigenvalue weighted by Gasteiger charge is 2.12. The van der Waals surface area contributed by atoms with Crippen LogP contribution < -0.4 is 4.74 Å². The SMILES string of the molecule is COc1ccc(-c2cc(C)ccn2)c(Sc2nc3ccccc3[nH]2)c1. The molecule has 1 N–H and O–H groups in total. The Balaban J connectivity index is 1.78. The number of H-pyrrole nitrogens is 1. The van der Waals surface area contributed by atoms with Gasteiger partial charge in [-0.2, -0.15) is 0 Å². The first kappa shape index (κ1) is 15.7. The zero-order valence-electron chi connectivity index (χ0n) is 14.0. The van der Waals surface area contributed by atoms with E-state index in [4.69, 9.17) is 4.74 Å². The number of benzene rings is 2. The van der Waals surface area contributed by atoms with Gasteiger partial charge in [-0.15, -0.1) is 0 Å². The van der Waals surface area contributed by atoms with Crippen LogP contribution in [-0.2, 0) is 0 Å². The summed E-state index contributed by atoms with van der Waals surface area (Å²) in [6, 6.07) is 18.1. The first-order valence-corrected chi connectivity index (χ1v) is 8.78. The van der Waals surface area contributed by atoms with Gasteiger partial charge >= 0.3 is 0 Å². The van der Waals surface area contributed by atoms with Gasteiger partial charge in [0.05, 0.1) is 23.8 Å². The fourth-order valence-corrected chi connectivity index (χ4v) is 3.66. The van der Waals surface area contributed by atoms with Crippen molar-refractivity contribution in [2.75, 3.05) is 7.11 Å². The van der Waals surface area contributed by atoms with Crippen LogP contribution in [0.25, 0.3) is 22.3 Å². The maximum Gasteiger partial charge on any atom is 0.171 e. The molecule has 0 saturated carbocycles. The van der Waals surface area contributed by atoms with Crippen LogP contribution in [0.3, 0.4) is 0 Å². The molecule has 0 atom stereocenters. The van der Waals surface area contributed by atoms with E-state index in [2.05, 4.69) is 27.9 Å². The summed E-state index contributed by atoms with van der Waals surface area (Å²) in [6.45, 7) is 2.07. The molecule has 0 aliphatic heterocycles. The fourth-order valence-electron chi connectivity index (χ4n) is 2.69. The maximum atomic E-state index is 5.40. The molecule has 0 bridgehead atoms. The van der Waals surface area contributed by atoms with Crippen molar-refractivity contribution < 1.29 is 4.74 Å². The summed E-state index contributed by atoms with van der Waals surface area (Å²) in [5.74, 6) is 0.815. The first-order chi connectivity index (χ1) is 12.2. The third-order valence-electron chi connectivity index (χ3n) is 3.95. The average Bonchev–Trinajstić information content (AvgIpc) is 3.04. The predicted molar refractivity (Wildman–Crippen MR) is 101 cm³/mol. The van der Waals surface area contributed by atoms with Crippen LogP contribution in [0.15, 0.2) is 70.8 Å². The van der Waals surface area contributed by atoms with Crippen molar-refractivity contribution >= 4 is 22.8 Å². The molecule has 5 heteroatoms. The summed E-state index contributed by atoms with van der Waals surface area (Å²) in [5, 5.41) is 0.850. The number of imidazole rings is 1. The zero-order chi connectivity index (χ0) is 17.2. The third kappa shape index (κ3) is 3.23. The molecule has 0 amide bonds. The lowest BCUT2D eigenvalue weighted by Gasteiger charge is -2.10. The minimum absolute atomic E-state index is 0.815. The normalized spacial score (nSPS) is 11.0. The monoisotopic (exact) mass is 347 g/mol. The standard InChI is InChI=1S/C20H17N3OS/c1-13-9-10-21-18(11-13)15-8-7-14(24-2)12-19(15)25-20-22-16-5-3-4-6-17(16)23-20/h3-12H,1-2H3,(H,22,23). The number of aryl methyl sites for hydroxylation is 1. The lowest BCUT2D eigenvalue weighted by Crippen LogP contribution is -1.90. The molecule has 0 radical (unpaired) electrons. The van der Waals surface area contributed by atoms with Crippen LogP contribution in [0, 0.1) is 6.92 Å². The van der Waals surface area contributed by atoms with Crippen LogP contribution in [0.4, 0.5) is 0 Å². The number of nitrogens with one attached hydrogen (secondary N) is 1. The Morgan fingerprint density at radius 3 is 2.72 bits per heavy atom. The van der Waals surface area contributed by atoms with Gasteiger partial charge in [-0.05, 0) is 55.0 Å². The van der Waals surface area contributed by atoms with E-state index < -0.39 is 0 Å². The van der Waals surface area contributed by atoms with Crippen molar-refractivity contribution in [3.63, 3.8) is 0 Å². The topological polar surface area (TPSA) is 50.8 Å². The van der Waals surface area contributed by atoms with Crippen molar-refractivity contribution in [1.29, 1.82) is 0 Å². The highest BCUT2D eigenvalue weighted by Crippen LogP contribution is 2.37. The van der Waals surface area contributed by atoms with E-state index in [-0.39, 0.29) is 0 Å². The Morgan fingerprint density at radius 2 is 1.92 bits per heavy atom. The van der Waals surface area contributed by atoms with Crippen LogP contribution in [0.2, 0.25) is 0 Å². The second kappa shape index (κ2) is 6.61. The van der Waals surface area contributed by atoms with Gasteiger partial charge in [0.2, 0.25) is 0 Å². The second-order valence-electron chi connectivity index (χ2n) is 5.74. The minimum Gasteiger partial charge on any atom is -0.497 e. The molecule has 4 rings (SSSR count). The van der Waals surface area contributed by atoms with E-state index in [0.717, 1.165) is 38.1 Å². The molecule has 0 aliphatic carbocycles. The summed E-state index contributed by atoms with van der Waals surface area (Å²) in [5.41, 5.74) is 5.18. The second-order valence-corrected chi connectivity index (χ2v) is 6.77. The van der Waals surface area contributed by atoms with Gasteiger partial charge in [0.1, 0.15) is 5.75 Å². The lowest BCUT2D eigenvalue weighted by atomic mass is 10.1. The van der Waals surface area contributed by atoms with E-state index in [0.29, 0.717) is 0 Å². The number of aromatic amines is 1. The van der Waals surface area contributed by atoms with Crippen molar-refractivity contribution in [3.05, 3.63) is 66.4 Å². The van der Waals surface area contributed by atoms with E-state index in [9.17, 15) is 0 Å². The molecule has 0 spiro atoms. The molecule has 0 aliphatic rings. The van der Waals surface area contributed by atoms with Crippen molar-refractivity contribution in [1.82, 2.24) is 15.0 Å². The zero-order valence-corrected chi connectivity index (χ0v) is 14.8. The highest BCUT2D eigenvalue weighted by atomic mass is 32.2. The van der Waals surface area contributed by atoms with Crippen molar-refractivity contribution in [2.45, 2.75) is 17.0 Å². The Hall–Kier alpha value is -2.79. The molecule has 0 unspecified atom stereocenters. The van der Waals surface area contributed by atoms with Gasteiger partial charge in [-0.1, -0.05) is 23.9 Å². The van der Waals surface area contributed by atoms with Gasteiger partial charge in [-0.25, -0.2) is 4.98 Å². The summed E-state index contributed by atoms with van der Waals surface area (Å²) < 4.78 is 5.40.